The number of para-hydroxylation sites is 1. The number of aliphatic hydroxyl groups excluding tert-OH is 1. The van der Waals surface area contributed by atoms with E-state index in [0.717, 1.165) is 33.1 Å². The fraction of sp³-hybridized carbons (Fsp3) is 0.182. The van der Waals surface area contributed by atoms with Gasteiger partial charge in [-0.2, -0.15) is 0 Å². The number of hydrogen-bond donors (Lipinski definition) is 2. The van der Waals surface area contributed by atoms with Gasteiger partial charge in [-0.3, -0.25) is 10.1 Å². The third-order valence-electron chi connectivity index (χ3n) is 4.92. The summed E-state index contributed by atoms with van der Waals surface area (Å²) in [4.78, 5) is 10.8. The Morgan fingerprint density at radius 2 is 1.82 bits per heavy atom. The van der Waals surface area contributed by atoms with Gasteiger partial charge in [0, 0.05) is 46.2 Å². The maximum Gasteiger partial charge on any atom is 0.270 e. The van der Waals surface area contributed by atoms with Crippen LogP contribution in [0.1, 0.15) is 5.56 Å². The lowest BCUT2D eigenvalue weighted by Crippen LogP contribution is -2.24. The first kappa shape index (κ1) is 18.0. The molecule has 0 spiro atoms. The molecule has 0 radical (unpaired) electrons. The smallest absolute Gasteiger partial charge is 0.270 e. The van der Waals surface area contributed by atoms with Crippen LogP contribution in [-0.4, -0.2) is 27.2 Å². The highest BCUT2D eigenvalue weighted by Crippen LogP contribution is 2.31. The topological polar surface area (TPSA) is 80.3 Å². The summed E-state index contributed by atoms with van der Waals surface area (Å²) in [6.07, 6.45) is -0.616. The van der Waals surface area contributed by atoms with Gasteiger partial charge in [-0.05, 0) is 36.8 Å². The monoisotopic (exact) mass is 375 g/mol. The summed E-state index contributed by atoms with van der Waals surface area (Å²) in [5.74, 6) is 0. The van der Waals surface area contributed by atoms with Crippen molar-refractivity contribution in [3.63, 3.8) is 0 Å². The molecule has 6 heteroatoms. The van der Waals surface area contributed by atoms with Crippen molar-refractivity contribution in [1.82, 2.24) is 4.57 Å². The third-order valence-corrected chi connectivity index (χ3v) is 4.92. The number of hydrogen-bond acceptors (Lipinski definition) is 4. The van der Waals surface area contributed by atoms with E-state index in [4.69, 9.17) is 0 Å². The Balaban J connectivity index is 1.64. The zero-order chi connectivity index (χ0) is 19.7. The normalized spacial score (nSPS) is 12.4. The summed E-state index contributed by atoms with van der Waals surface area (Å²) in [5, 5.41) is 26.8. The molecular weight excluding hydrogens is 354 g/mol. The molecule has 28 heavy (non-hydrogen) atoms. The second kappa shape index (κ2) is 7.32. The van der Waals surface area contributed by atoms with Gasteiger partial charge in [0.15, 0.2) is 0 Å². The van der Waals surface area contributed by atoms with Crippen molar-refractivity contribution in [1.29, 1.82) is 0 Å². The van der Waals surface area contributed by atoms with Gasteiger partial charge in [-0.15, -0.1) is 0 Å². The quantitative estimate of drug-likeness (QED) is 0.384. The van der Waals surface area contributed by atoms with Crippen molar-refractivity contribution in [3.8, 4) is 0 Å². The Bertz CT molecular complexity index is 1170. The maximum atomic E-state index is 11.2. The van der Waals surface area contributed by atoms with Crippen molar-refractivity contribution < 1.29 is 10.0 Å². The van der Waals surface area contributed by atoms with E-state index < -0.39 is 6.10 Å². The maximum absolute atomic E-state index is 11.2. The van der Waals surface area contributed by atoms with E-state index in [1.165, 1.54) is 6.07 Å². The summed E-state index contributed by atoms with van der Waals surface area (Å²) in [6.45, 7) is 2.82. The molecule has 0 aliphatic rings. The number of non-ortho nitro benzene ring substituents is 1. The number of rotatable bonds is 6. The van der Waals surface area contributed by atoms with E-state index in [0.29, 0.717) is 13.1 Å². The number of fused-ring (bicyclic) bond motifs is 3. The third kappa shape index (κ3) is 3.42. The summed E-state index contributed by atoms with van der Waals surface area (Å²) < 4.78 is 2.02. The molecule has 1 heterocycles. The molecule has 3 aromatic carbocycles. The number of aliphatic hydroxyl groups is 1. The van der Waals surface area contributed by atoms with E-state index >= 15 is 0 Å². The molecule has 4 aromatic rings. The summed E-state index contributed by atoms with van der Waals surface area (Å²) in [7, 11) is 0. The van der Waals surface area contributed by atoms with Gasteiger partial charge in [0.2, 0.25) is 0 Å². The molecule has 1 atom stereocenters. The number of nitrogens with zero attached hydrogens (tertiary/aromatic N) is 2. The number of aromatic nitrogens is 1. The Labute approximate surface area is 162 Å². The number of anilines is 1. The highest BCUT2D eigenvalue weighted by molar-refractivity contribution is 6.08. The van der Waals surface area contributed by atoms with Gasteiger partial charge in [0.25, 0.3) is 5.69 Å². The van der Waals surface area contributed by atoms with E-state index in [1.54, 1.807) is 12.1 Å². The van der Waals surface area contributed by atoms with E-state index in [9.17, 15) is 15.2 Å². The molecule has 1 aromatic heterocycles. The lowest BCUT2D eigenvalue weighted by Gasteiger charge is -2.16. The number of aryl methyl sites for hydroxylation is 1. The number of benzene rings is 3. The van der Waals surface area contributed by atoms with Crippen LogP contribution < -0.4 is 5.32 Å². The summed E-state index contributed by atoms with van der Waals surface area (Å²) in [6, 6.07) is 20.7. The second-order valence-electron chi connectivity index (χ2n) is 6.99. The van der Waals surface area contributed by atoms with Crippen LogP contribution in [0, 0.1) is 17.0 Å². The van der Waals surface area contributed by atoms with Crippen LogP contribution in [0.15, 0.2) is 66.7 Å². The van der Waals surface area contributed by atoms with Crippen molar-refractivity contribution in [2.75, 3.05) is 11.9 Å². The summed E-state index contributed by atoms with van der Waals surface area (Å²) in [5.41, 5.74) is 4.02. The zero-order valence-electron chi connectivity index (χ0n) is 15.5. The minimum atomic E-state index is -0.616. The van der Waals surface area contributed by atoms with Crippen molar-refractivity contribution >= 4 is 33.2 Å². The molecule has 4 rings (SSSR count). The predicted molar refractivity (Wildman–Crippen MR) is 112 cm³/mol. The van der Waals surface area contributed by atoms with Crippen LogP contribution in [0.5, 0.6) is 0 Å². The average Bonchev–Trinajstić information content (AvgIpc) is 3.00. The van der Waals surface area contributed by atoms with Crippen molar-refractivity contribution in [3.05, 3.63) is 82.4 Å². The molecule has 0 aliphatic heterocycles. The first-order chi connectivity index (χ1) is 13.5. The van der Waals surface area contributed by atoms with Gasteiger partial charge in [0.1, 0.15) is 0 Å². The number of nitro groups is 1. The average molecular weight is 375 g/mol. The van der Waals surface area contributed by atoms with Crippen LogP contribution >= 0.6 is 0 Å². The van der Waals surface area contributed by atoms with E-state index in [1.807, 2.05) is 60.0 Å². The Kier molecular flexibility index (Phi) is 4.71. The molecule has 1 unspecified atom stereocenters. The van der Waals surface area contributed by atoms with Crippen LogP contribution in [-0.2, 0) is 6.54 Å². The molecule has 0 fully saturated rings. The molecule has 0 saturated carbocycles. The zero-order valence-corrected chi connectivity index (χ0v) is 15.5. The van der Waals surface area contributed by atoms with Crippen molar-refractivity contribution in [2.24, 2.45) is 0 Å². The lowest BCUT2D eigenvalue weighted by molar-refractivity contribution is -0.384. The number of nitro benzene ring substituents is 1. The van der Waals surface area contributed by atoms with Gasteiger partial charge >= 0.3 is 0 Å². The minimum Gasteiger partial charge on any atom is -0.389 e. The molecule has 0 aliphatic carbocycles. The first-order valence-electron chi connectivity index (χ1n) is 9.17. The Morgan fingerprint density at radius 1 is 1.04 bits per heavy atom. The Hall–Kier alpha value is -3.38. The molecule has 0 bridgehead atoms. The fourth-order valence-electron chi connectivity index (χ4n) is 3.62. The highest BCUT2D eigenvalue weighted by atomic mass is 16.6. The van der Waals surface area contributed by atoms with Crippen LogP contribution in [0.2, 0.25) is 0 Å². The van der Waals surface area contributed by atoms with Gasteiger partial charge in [-0.1, -0.05) is 30.3 Å². The standard InChI is InChI=1S/C22H21N3O3/c1-15-5-4-6-16(11-15)23-13-18(26)14-24-21-8-3-2-7-19(21)20-12-17(25(27)28)9-10-22(20)24/h2-12,18,23,26H,13-14H2,1H3. The van der Waals surface area contributed by atoms with Crippen LogP contribution in [0.4, 0.5) is 11.4 Å². The molecule has 142 valence electrons. The van der Waals surface area contributed by atoms with Gasteiger partial charge in [0.05, 0.1) is 17.6 Å². The SMILES string of the molecule is Cc1cccc(NCC(O)Cn2c3ccccc3c3cc([N+](=O)[O-])ccc32)c1. The highest BCUT2D eigenvalue weighted by Gasteiger charge is 2.16. The number of nitrogens with one attached hydrogen (secondary N) is 1. The Morgan fingerprint density at radius 3 is 2.61 bits per heavy atom. The molecule has 2 N–H and O–H groups in total. The molecule has 6 nitrogen and oxygen atoms in total. The fourth-order valence-corrected chi connectivity index (χ4v) is 3.62. The van der Waals surface area contributed by atoms with Gasteiger partial charge < -0.3 is 15.0 Å². The first-order valence-corrected chi connectivity index (χ1v) is 9.17. The molecular formula is C22H21N3O3. The lowest BCUT2D eigenvalue weighted by atomic mass is 10.1. The second-order valence-corrected chi connectivity index (χ2v) is 6.99. The van der Waals surface area contributed by atoms with Crippen LogP contribution in [0.3, 0.4) is 0 Å². The largest absolute Gasteiger partial charge is 0.389 e. The van der Waals surface area contributed by atoms with E-state index in [-0.39, 0.29) is 10.6 Å². The van der Waals surface area contributed by atoms with E-state index in [2.05, 4.69) is 5.32 Å². The van der Waals surface area contributed by atoms with Crippen LogP contribution in [0.25, 0.3) is 21.8 Å². The molecule has 0 saturated heterocycles. The molecule has 0 amide bonds. The van der Waals surface area contributed by atoms with Gasteiger partial charge in [-0.25, -0.2) is 0 Å². The van der Waals surface area contributed by atoms with Crippen molar-refractivity contribution in [2.45, 2.75) is 19.6 Å². The minimum absolute atomic E-state index is 0.0667. The predicted octanol–water partition coefficient (Wildman–Crippen LogP) is 4.48. The summed E-state index contributed by atoms with van der Waals surface area (Å²) >= 11 is 0.